The highest BCUT2D eigenvalue weighted by Gasteiger charge is 2.17. The van der Waals surface area contributed by atoms with Crippen LogP contribution >= 0.6 is 0 Å². The molecule has 2 aliphatic rings. The molecular formula is C25H18N2O6S. The van der Waals surface area contributed by atoms with E-state index in [4.69, 9.17) is 0 Å². The minimum Gasteiger partial charge on any atom is -0.512 e. The summed E-state index contributed by atoms with van der Waals surface area (Å²) < 4.78 is 28.3. The Bertz CT molecular complexity index is 1930. The van der Waals surface area contributed by atoms with Crippen LogP contribution in [0.15, 0.2) is 75.1 Å². The molecule has 1 heterocycles. The molecule has 1 aliphatic carbocycles. The highest BCUT2D eigenvalue weighted by Crippen LogP contribution is 2.27. The molecule has 170 valence electrons. The number of benzene rings is 3. The van der Waals surface area contributed by atoms with Gasteiger partial charge in [-0.1, -0.05) is 24.3 Å². The second-order valence-corrected chi connectivity index (χ2v) is 9.49. The number of nitrogens with zero attached hydrogens (tertiary/aromatic N) is 1. The molecule has 0 saturated heterocycles. The number of fused-ring (bicyclic) bond motifs is 2. The lowest BCUT2D eigenvalue weighted by Crippen LogP contribution is -2.32. The van der Waals surface area contributed by atoms with E-state index < -0.39 is 15.7 Å². The Morgan fingerprint density at radius 3 is 2.26 bits per heavy atom. The molecule has 3 aromatic carbocycles. The molecule has 0 aromatic heterocycles. The Hall–Kier alpha value is -4.08. The summed E-state index contributed by atoms with van der Waals surface area (Å²) in [5.41, 5.74) is 0.509. The van der Waals surface area contributed by atoms with E-state index in [1.807, 2.05) is 0 Å². The van der Waals surface area contributed by atoms with Gasteiger partial charge in [0.25, 0.3) is 15.7 Å². The number of hydrogen-bond acceptors (Lipinski definition) is 8. The third-order valence-corrected chi connectivity index (χ3v) is 7.08. The number of nitrogens with one attached hydrogen (secondary N) is 1. The minimum atomic E-state index is -3.83. The quantitative estimate of drug-likeness (QED) is 0.381. The molecule has 0 amide bonds. The highest BCUT2D eigenvalue weighted by molar-refractivity contribution is 7.86. The summed E-state index contributed by atoms with van der Waals surface area (Å²) in [7, 11) is -2.74. The molecule has 8 nitrogen and oxygen atoms in total. The van der Waals surface area contributed by atoms with Crippen molar-refractivity contribution < 1.29 is 17.7 Å². The lowest BCUT2D eigenvalue weighted by atomic mass is 9.97. The van der Waals surface area contributed by atoms with Gasteiger partial charge < -0.3 is 10.4 Å². The number of rotatable bonds is 4. The molecule has 3 aromatic rings. The number of anilines is 2. The van der Waals surface area contributed by atoms with Crippen molar-refractivity contribution in [1.29, 1.82) is 0 Å². The van der Waals surface area contributed by atoms with Gasteiger partial charge in [-0.15, -0.1) is 0 Å². The maximum atomic E-state index is 13.6. The molecule has 9 heteroatoms. The van der Waals surface area contributed by atoms with Gasteiger partial charge in [0.15, 0.2) is 5.43 Å². The third kappa shape index (κ3) is 3.25. The molecule has 0 radical (unpaired) electrons. The summed E-state index contributed by atoms with van der Waals surface area (Å²) in [6, 6.07) is 16.1. The zero-order valence-corrected chi connectivity index (χ0v) is 18.9. The van der Waals surface area contributed by atoms with Gasteiger partial charge >= 0.3 is 0 Å². The Morgan fingerprint density at radius 1 is 0.941 bits per heavy atom. The van der Waals surface area contributed by atoms with E-state index in [1.165, 1.54) is 19.1 Å². The maximum Gasteiger partial charge on any atom is 0.296 e. The lowest BCUT2D eigenvalue weighted by Gasteiger charge is -2.13. The molecular weight excluding hydrogens is 456 g/mol. The summed E-state index contributed by atoms with van der Waals surface area (Å²) in [4.78, 5) is 30.4. The van der Waals surface area contributed by atoms with E-state index in [9.17, 15) is 23.1 Å². The highest BCUT2D eigenvalue weighted by atomic mass is 32.2. The van der Waals surface area contributed by atoms with E-state index in [-0.39, 0.29) is 21.3 Å². The van der Waals surface area contributed by atoms with Crippen molar-refractivity contribution >= 4 is 48.9 Å². The SMILES string of the molecule is COS(=O)(=O)c1ccc(Nc2ccc3nc(=O)c(=C(C)O)c4c5ccccc5c(=O)c2c3=4)cc1. The molecule has 0 fully saturated rings. The van der Waals surface area contributed by atoms with Crippen LogP contribution < -0.4 is 21.5 Å². The van der Waals surface area contributed by atoms with Crippen LogP contribution in [-0.2, 0) is 14.3 Å². The molecule has 2 N–H and O–H groups in total. The van der Waals surface area contributed by atoms with Gasteiger partial charge in [0.05, 0.1) is 33.8 Å². The molecule has 0 saturated carbocycles. The van der Waals surface area contributed by atoms with Crippen LogP contribution in [0.5, 0.6) is 0 Å². The van der Waals surface area contributed by atoms with Crippen LogP contribution in [0.1, 0.15) is 6.92 Å². The zero-order chi connectivity index (χ0) is 24.2. The summed E-state index contributed by atoms with van der Waals surface area (Å²) in [5.74, 6) is -0.183. The van der Waals surface area contributed by atoms with Gasteiger partial charge in [0.1, 0.15) is 5.76 Å². The fourth-order valence-corrected chi connectivity index (χ4v) is 4.93. The van der Waals surface area contributed by atoms with Crippen LogP contribution in [0.4, 0.5) is 11.4 Å². The summed E-state index contributed by atoms with van der Waals surface area (Å²) in [5, 5.41) is 15.7. The predicted molar refractivity (Wildman–Crippen MR) is 129 cm³/mol. The smallest absolute Gasteiger partial charge is 0.296 e. The van der Waals surface area contributed by atoms with Gasteiger partial charge in [0.2, 0.25) is 0 Å². The van der Waals surface area contributed by atoms with Crippen molar-refractivity contribution in [1.82, 2.24) is 4.98 Å². The van der Waals surface area contributed by atoms with Crippen molar-refractivity contribution in [3.8, 4) is 0 Å². The van der Waals surface area contributed by atoms with Gasteiger partial charge in [-0.05, 0) is 48.7 Å². The van der Waals surface area contributed by atoms with Gasteiger partial charge in [0, 0.05) is 21.5 Å². The molecule has 0 spiro atoms. The largest absolute Gasteiger partial charge is 0.512 e. The summed E-state index contributed by atoms with van der Waals surface area (Å²) >= 11 is 0. The predicted octanol–water partition coefficient (Wildman–Crippen LogP) is 2.75. The van der Waals surface area contributed by atoms with Gasteiger partial charge in [-0.3, -0.25) is 13.8 Å². The van der Waals surface area contributed by atoms with E-state index in [0.29, 0.717) is 43.5 Å². The lowest BCUT2D eigenvalue weighted by molar-refractivity contribution is 0.398. The number of aromatic nitrogens is 1. The van der Waals surface area contributed by atoms with E-state index in [0.717, 1.165) is 7.11 Å². The topological polar surface area (TPSA) is 123 Å². The summed E-state index contributed by atoms with van der Waals surface area (Å²) in [6.45, 7) is 1.41. The molecule has 0 bridgehead atoms. The first-order chi connectivity index (χ1) is 16.2. The molecule has 0 unspecified atom stereocenters. The molecule has 0 atom stereocenters. The Balaban J connectivity index is 1.88. The molecule has 5 rings (SSSR count). The number of aliphatic hydroxyl groups is 1. The minimum absolute atomic E-state index is 0.00142. The first kappa shape index (κ1) is 21.7. The third-order valence-electron chi connectivity index (χ3n) is 5.79. The fourth-order valence-electron chi connectivity index (χ4n) is 4.27. The van der Waals surface area contributed by atoms with Crippen LogP contribution in [0.3, 0.4) is 0 Å². The Labute approximate surface area is 192 Å². The monoisotopic (exact) mass is 474 g/mol. The first-order valence-corrected chi connectivity index (χ1v) is 11.7. The standard InChI is InChI=1S/C25H18N2O6S/c1-13(28)20-21-16-5-3-4-6-17(16)24(29)23-19(12-11-18(22(21)23)27-25(20)30)26-14-7-9-15(10-8-14)34(31,32)33-2/h3-12,26,28H,1-2H3. The van der Waals surface area contributed by atoms with Crippen molar-refractivity contribution in [2.45, 2.75) is 11.8 Å². The van der Waals surface area contributed by atoms with Gasteiger partial charge in [-0.25, -0.2) is 4.98 Å². The van der Waals surface area contributed by atoms with Crippen molar-refractivity contribution in [2.75, 3.05) is 12.4 Å². The average molecular weight is 474 g/mol. The van der Waals surface area contributed by atoms with E-state index in [1.54, 1.807) is 48.5 Å². The Morgan fingerprint density at radius 2 is 1.62 bits per heavy atom. The number of aliphatic hydroxyl groups excluding tert-OH is 1. The van der Waals surface area contributed by atoms with Gasteiger partial charge in [-0.2, -0.15) is 8.42 Å². The molecule has 34 heavy (non-hydrogen) atoms. The van der Waals surface area contributed by atoms with Crippen LogP contribution in [0.25, 0.3) is 27.4 Å². The van der Waals surface area contributed by atoms with Crippen molar-refractivity contribution in [2.24, 2.45) is 0 Å². The normalized spacial score (nSPS) is 13.0. The fraction of sp³-hybridized carbons (Fsp3) is 0.0800. The van der Waals surface area contributed by atoms with Crippen molar-refractivity contribution in [3.63, 3.8) is 0 Å². The average Bonchev–Trinajstić information content (AvgIpc) is 2.82. The maximum absolute atomic E-state index is 13.6. The van der Waals surface area contributed by atoms with E-state index in [2.05, 4.69) is 14.5 Å². The molecule has 1 aliphatic heterocycles. The zero-order valence-electron chi connectivity index (χ0n) is 18.1. The second-order valence-electron chi connectivity index (χ2n) is 7.78. The second kappa shape index (κ2) is 7.75. The van der Waals surface area contributed by atoms with Crippen LogP contribution in [0.2, 0.25) is 0 Å². The Kier molecular flexibility index (Phi) is 4.96. The summed E-state index contributed by atoms with van der Waals surface area (Å²) in [6.07, 6.45) is 0. The van der Waals surface area contributed by atoms with Crippen molar-refractivity contribution in [3.05, 3.63) is 96.9 Å². The van der Waals surface area contributed by atoms with Crippen LogP contribution in [0, 0.1) is 10.4 Å². The van der Waals surface area contributed by atoms with E-state index >= 15 is 0 Å². The first-order valence-electron chi connectivity index (χ1n) is 10.3. The van der Waals surface area contributed by atoms with Crippen LogP contribution in [-0.4, -0.2) is 25.6 Å². The number of hydrogen-bond donors (Lipinski definition) is 2.